The Kier molecular flexibility index (Phi) is 4.47. The van der Waals surface area contributed by atoms with E-state index in [1.807, 2.05) is 0 Å². The molecule has 2 aromatic rings. The van der Waals surface area contributed by atoms with Crippen LogP contribution in [-0.4, -0.2) is 31.7 Å². The van der Waals surface area contributed by atoms with Crippen LogP contribution >= 0.6 is 0 Å². The van der Waals surface area contributed by atoms with Crippen LogP contribution in [0.3, 0.4) is 0 Å². The maximum Gasteiger partial charge on any atom is 0.241 e. The molecule has 0 atom stereocenters. The van der Waals surface area contributed by atoms with E-state index in [0.29, 0.717) is 30.3 Å². The van der Waals surface area contributed by atoms with E-state index in [9.17, 15) is 8.42 Å². The summed E-state index contributed by atoms with van der Waals surface area (Å²) in [6.07, 6.45) is 2.83. The molecule has 1 aromatic heterocycles. The fraction of sp³-hybridized carbons (Fsp3) is 0.308. The average Bonchev–Trinajstić information content (AvgIpc) is 2.43. The summed E-state index contributed by atoms with van der Waals surface area (Å²) in [5.41, 5.74) is 0.653. The Morgan fingerprint density at radius 2 is 2.00 bits per heavy atom. The van der Waals surface area contributed by atoms with Crippen LogP contribution in [0.5, 0.6) is 0 Å². The van der Waals surface area contributed by atoms with Gasteiger partial charge in [0, 0.05) is 24.7 Å². The summed E-state index contributed by atoms with van der Waals surface area (Å²) in [6, 6.07) is 8.48. The summed E-state index contributed by atoms with van der Waals surface area (Å²) in [4.78, 5) is 4.38. The smallest absolute Gasteiger partial charge is 0.241 e. The van der Waals surface area contributed by atoms with Crippen LogP contribution in [0.1, 0.15) is 12.8 Å². The van der Waals surface area contributed by atoms with Crippen molar-refractivity contribution in [2.45, 2.75) is 17.7 Å². The second-order valence-corrected chi connectivity index (χ2v) is 5.89. The van der Waals surface area contributed by atoms with Crippen molar-refractivity contribution in [2.75, 3.05) is 13.2 Å². The van der Waals surface area contributed by atoms with Crippen LogP contribution in [0.4, 0.5) is 0 Å². The maximum absolute atomic E-state index is 12.2. The zero-order chi connectivity index (χ0) is 13.7. The van der Waals surface area contributed by atoms with Gasteiger partial charge in [0.05, 0.1) is 10.4 Å². The number of hydrogen-bond acceptors (Lipinski definition) is 4. The Morgan fingerprint density at radius 1 is 1.16 bits per heavy atom. The number of unbranched alkanes of at least 4 members (excludes halogenated alkanes) is 1. The highest BCUT2D eigenvalue weighted by molar-refractivity contribution is 7.89. The largest absolute Gasteiger partial charge is 0.396 e. The van der Waals surface area contributed by atoms with Gasteiger partial charge in [-0.25, -0.2) is 13.1 Å². The Balaban J connectivity index is 2.28. The molecule has 0 aliphatic carbocycles. The molecule has 0 bridgehead atoms. The summed E-state index contributed by atoms with van der Waals surface area (Å²) in [5, 5.41) is 9.28. The van der Waals surface area contributed by atoms with Gasteiger partial charge in [-0.2, -0.15) is 0 Å². The fourth-order valence-corrected chi connectivity index (χ4v) is 3.12. The van der Waals surface area contributed by atoms with Crippen molar-refractivity contribution in [3.05, 3.63) is 36.5 Å². The molecule has 0 saturated heterocycles. The van der Waals surface area contributed by atoms with Crippen LogP contribution < -0.4 is 4.72 Å². The fourth-order valence-electron chi connectivity index (χ4n) is 1.83. The number of benzene rings is 1. The minimum absolute atomic E-state index is 0.0694. The molecular formula is C13H16N2O3S. The predicted molar refractivity (Wildman–Crippen MR) is 73.3 cm³/mol. The number of aromatic nitrogens is 1. The van der Waals surface area contributed by atoms with E-state index in [2.05, 4.69) is 9.71 Å². The first kappa shape index (κ1) is 13.9. The van der Waals surface area contributed by atoms with Crippen molar-refractivity contribution < 1.29 is 13.5 Å². The van der Waals surface area contributed by atoms with Crippen molar-refractivity contribution in [1.82, 2.24) is 9.71 Å². The number of hydrogen-bond donors (Lipinski definition) is 2. The number of nitrogens with zero attached hydrogens (tertiary/aromatic N) is 1. The van der Waals surface area contributed by atoms with Gasteiger partial charge in [-0.05, 0) is 37.1 Å². The van der Waals surface area contributed by atoms with Crippen LogP contribution in [0, 0.1) is 0 Å². The normalized spacial score (nSPS) is 11.8. The van der Waals surface area contributed by atoms with E-state index in [1.54, 1.807) is 36.5 Å². The number of nitrogens with one attached hydrogen (secondary N) is 1. The lowest BCUT2D eigenvalue weighted by molar-refractivity contribution is 0.285. The summed E-state index contributed by atoms with van der Waals surface area (Å²) < 4.78 is 27.0. The third-order valence-corrected chi connectivity index (χ3v) is 4.29. The molecule has 0 radical (unpaired) electrons. The van der Waals surface area contributed by atoms with Gasteiger partial charge in [0.15, 0.2) is 0 Å². The first-order chi connectivity index (χ1) is 9.15. The van der Waals surface area contributed by atoms with E-state index in [1.165, 1.54) is 0 Å². The summed E-state index contributed by atoms with van der Waals surface area (Å²) in [5.74, 6) is 0. The molecule has 0 amide bonds. The summed E-state index contributed by atoms with van der Waals surface area (Å²) in [7, 11) is -3.54. The summed E-state index contributed by atoms with van der Waals surface area (Å²) in [6.45, 7) is 0.388. The zero-order valence-electron chi connectivity index (χ0n) is 10.4. The molecule has 1 aromatic carbocycles. The molecule has 2 rings (SSSR count). The summed E-state index contributed by atoms with van der Waals surface area (Å²) >= 11 is 0. The van der Waals surface area contributed by atoms with Crippen molar-refractivity contribution in [2.24, 2.45) is 0 Å². The molecule has 102 valence electrons. The lowest BCUT2D eigenvalue weighted by Crippen LogP contribution is -2.25. The van der Waals surface area contributed by atoms with Gasteiger partial charge >= 0.3 is 0 Å². The maximum atomic E-state index is 12.2. The van der Waals surface area contributed by atoms with E-state index < -0.39 is 10.0 Å². The SMILES string of the molecule is O=S(=O)(NCCCCO)c1cccc2ncccc12. The third kappa shape index (κ3) is 3.28. The van der Waals surface area contributed by atoms with Gasteiger partial charge in [-0.3, -0.25) is 4.98 Å². The van der Waals surface area contributed by atoms with Crippen molar-refractivity contribution in [3.63, 3.8) is 0 Å². The van der Waals surface area contributed by atoms with Gasteiger partial charge in [0.1, 0.15) is 0 Å². The minimum Gasteiger partial charge on any atom is -0.396 e. The molecule has 0 fully saturated rings. The zero-order valence-corrected chi connectivity index (χ0v) is 11.2. The van der Waals surface area contributed by atoms with E-state index in [4.69, 9.17) is 5.11 Å². The quantitative estimate of drug-likeness (QED) is 0.781. The van der Waals surface area contributed by atoms with Crippen LogP contribution in [0.2, 0.25) is 0 Å². The highest BCUT2D eigenvalue weighted by Gasteiger charge is 2.16. The Bertz CT molecular complexity index is 650. The molecule has 2 N–H and O–H groups in total. The standard InChI is InChI=1S/C13H16N2O3S/c16-10-2-1-9-15-19(17,18)13-7-3-6-12-11(13)5-4-8-14-12/h3-8,15-16H,1-2,9-10H2. The molecule has 0 saturated carbocycles. The van der Waals surface area contributed by atoms with E-state index in [-0.39, 0.29) is 11.5 Å². The molecule has 5 nitrogen and oxygen atoms in total. The molecule has 0 unspecified atom stereocenters. The lowest BCUT2D eigenvalue weighted by atomic mass is 10.2. The minimum atomic E-state index is -3.54. The van der Waals surface area contributed by atoms with Gasteiger partial charge in [0.25, 0.3) is 0 Å². The Labute approximate surface area is 112 Å². The molecule has 0 aliphatic rings. The lowest BCUT2D eigenvalue weighted by Gasteiger charge is -2.08. The van der Waals surface area contributed by atoms with Gasteiger partial charge in [0.2, 0.25) is 10.0 Å². The van der Waals surface area contributed by atoms with Crippen molar-refractivity contribution in [1.29, 1.82) is 0 Å². The first-order valence-corrected chi connectivity index (χ1v) is 7.58. The average molecular weight is 280 g/mol. The second-order valence-electron chi connectivity index (χ2n) is 4.15. The monoisotopic (exact) mass is 280 g/mol. The highest BCUT2D eigenvalue weighted by Crippen LogP contribution is 2.20. The molecule has 0 spiro atoms. The molecule has 0 aliphatic heterocycles. The number of fused-ring (bicyclic) bond motifs is 1. The molecule has 6 heteroatoms. The van der Waals surface area contributed by atoms with E-state index in [0.717, 1.165) is 0 Å². The number of sulfonamides is 1. The van der Waals surface area contributed by atoms with Crippen LogP contribution in [-0.2, 0) is 10.0 Å². The molecular weight excluding hydrogens is 264 g/mol. The molecule has 19 heavy (non-hydrogen) atoms. The number of pyridine rings is 1. The number of aliphatic hydroxyl groups is 1. The highest BCUT2D eigenvalue weighted by atomic mass is 32.2. The van der Waals surface area contributed by atoms with E-state index >= 15 is 0 Å². The van der Waals surface area contributed by atoms with Crippen molar-refractivity contribution >= 4 is 20.9 Å². The number of aliphatic hydroxyl groups excluding tert-OH is 1. The van der Waals surface area contributed by atoms with Crippen LogP contribution in [0.25, 0.3) is 10.9 Å². The van der Waals surface area contributed by atoms with Gasteiger partial charge in [-0.15, -0.1) is 0 Å². The third-order valence-electron chi connectivity index (χ3n) is 2.77. The van der Waals surface area contributed by atoms with Crippen molar-refractivity contribution in [3.8, 4) is 0 Å². The number of rotatable bonds is 6. The van der Waals surface area contributed by atoms with Gasteiger partial charge < -0.3 is 5.11 Å². The molecule has 1 heterocycles. The second kappa shape index (κ2) is 6.10. The van der Waals surface area contributed by atoms with Gasteiger partial charge in [-0.1, -0.05) is 6.07 Å². The predicted octanol–water partition coefficient (Wildman–Crippen LogP) is 1.29. The van der Waals surface area contributed by atoms with Crippen LogP contribution in [0.15, 0.2) is 41.4 Å². The Morgan fingerprint density at radius 3 is 2.79 bits per heavy atom. The topological polar surface area (TPSA) is 79.3 Å². The Hall–Kier alpha value is -1.50. The first-order valence-electron chi connectivity index (χ1n) is 6.09.